The van der Waals surface area contributed by atoms with Crippen molar-refractivity contribution < 1.29 is 19.1 Å². The fourth-order valence-corrected chi connectivity index (χ4v) is 5.24. The Hall–Kier alpha value is -3.02. The molecule has 6 nitrogen and oxygen atoms in total. The number of hydrogen-bond acceptors (Lipinski definition) is 4. The maximum Gasteiger partial charge on any atom is 0.250 e. The molecule has 0 aromatic heterocycles. The first-order valence-corrected chi connectivity index (χ1v) is 11.3. The normalized spacial score (nSPS) is 19.8. The molecule has 0 bridgehead atoms. The minimum Gasteiger partial charge on any atom is -0.493 e. The molecule has 1 saturated carbocycles. The molecule has 1 aliphatic carbocycles. The van der Waals surface area contributed by atoms with Gasteiger partial charge in [0.1, 0.15) is 5.54 Å². The SMILES string of the molecule is COc1ccc([C@@H]2CC(=O)N2C2(C(=O)Nc3c(C)cccc3C)CCCCC2)cc1OC. The van der Waals surface area contributed by atoms with Gasteiger partial charge in [0.25, 0.3) is 0 Å². The Morgan fingerprint density at radius 2 is 1.66 bits per heavy atom. The second-order valence-electron chi connectivity index (χ2n) is 8.91. The lowest BCUT2D eigenvalue weighted by atomic mass is 9.74. The number of para-hydroxylation sites is 1. The number of methoxy groups -OCH3 is 2. The van der Waals surface area contributed by atoms with E-state index in [-0.39, 0.29) is 17.9 Å². The van der Waals surface area contributed by atoms with E-state index in [4.69, 9.17) is 9.47 Å². The Morgan fingerprint density at radius 3 is 2.25 bits per heavy atom. The van der Waals surface area contributed by atoms with Gasteiger partial charge in [0.05, 0.1) is 26.7 Å². The molecule has 1 heterocycles. The molecule has 2 fully saturated rings. The van der Waals surface area contributed by atoms with Crippen molar-refractivity contribution in [1.82, 2.24) is 4.90 Å². The third-order valence-corrected chi connectivity index (χ3v) is 7.02. The van der Waals surface area contributed by atoms with Crippen LogP contribution in [0.5, 0.6) is 11.5 Å². The largest absolute Gasteiger partial charge is 0.493 e. The first kappa shape index (κ1) is 22.2. The molecule has 0 spiro atoms. The van der Waals surface area contributed by atoms with E-state index >= 15 is 0 Å². The molecule has 2 aromatic carbocycles. The van der Waals surface area contributed by atoms with E-state index in [1.165, 1.54) is 0 Å². The van der Waals surface area contributed by atoms with Crippen molar-refractivity contribution >= 4 is 17.5 Å². The quantitative estimate of drug-likeness (QED) is 0.652. The Kier molecular flexibility index (Phi) is 6.13. The van der Waals surface area contributed by atoms with Crippen molar-refractivity contribution in [3.05, 3.63) is 53.1 Å². The van der Waals surface area contributed by atoms with Crippen LogP contribution >= 0.6 is 0 Å². The highest BCUT2D eigenvalue weighted by Gasteiger charge is 2.55. The molecule has 0 unspecified atom stereocenters. The van der Waals surface area contributed by atoms with Gasteiger partial charge in [-0.2, -0.15) is 0 Å². The maximum atomic E-state index is 13.8. The summed E-state index contributed by atoms with van der Waals surface area (Å²) < 4.78 is 10.8. The first-order valence-electron chi connectivity index (χ1n) is 11.3. The summed E-state index contributed by atoms with van der Waals surface area (Å²) in [6, 6.07) is 11.6. The molecule has 2 aliphatic rings. The fourth-order valence-electron chi connectivity index (χ4n) is 5.24. The van der Waals surface area contributed by atoms with Crippen molar-refractivity contribution in [2.24, 2.45) is 0 Å². The second-order valence-corrected chi connectivity index (χ2v) is 8.91. The van der Waals surface area contributed by atoms with Crippen LogP contribution in [0.15, 0.2) is 36.4 Å². The topological polar surface area (TPSA) is 67.9 Å². The number of ether oxygens (including phenoxy) is 2. The number of aryl methyl sites for hydroxylation is 2. The Morgan fingerprint density at radius 1 is 1.00 bits per heavy atom. The molecule has 1 aliphatic heterocycles. The van der Waals surface area contributed by atoms with Gasteiger partial charge in [-0.15, -0.1) is 0 Å². The van der Waals surface area contributed by atoms with Crippen molar-refractivity contribution in [3.63, 3.8) is 0 Å². The van der Waals surface area contributed by atoms with Crippen LogP contribution in [0.2, 0.25) is 0 Å². The lowest BCUT2D eigenvalue weighted by Crippen LogP contribution is -2.65. The third-order valence-electron chi connectivity index (χ3n) is 7.02. The van der Waals surface area contributed by atoms with Crippen LogP contribution in [0.3, 0.4) is 0 Å². The number of amides is 2. The molecular weight excluding hydrogens is 404 g/mol. The Bertz CT molecular complexity index is 1010. The number of nitrogens with zero attached hydrogens (tertiary/aromatic N) is 1. The third kappa shape index (κ3) is 3.72. The number of hydrogen-bond donors (Lipinski definition) is 1. The summed E-state index contributed by atoms with van der Waals surface area (Å²) in [6.07, 6.45) is 4.71. The maximum absolute atomic E-state index is 13.8. The van der Waals surface area contributed by atoms with E-state index in [1.807, 2.05) is 55.1 Å². The standard InChI is InChI=1S/C26H32N2O4/c1-17-9-8-10-18(2)24(17)27-25(30)26(13-6-5-7-14-26)28-20(16-23(28)29)19-11-12-21(31-3)22(15-19)32-4/h8-12,15,20H,5-7,13-14,16H2,1-4H3,(H,27,30)/t20-/m0/s1. The van der Waals surface area contributed by atoms with Gasteiger partial charge in [-0.05, 0) is 55.5 Å². The fraction of sp³-hybridized carbons (Fsp3) is 0.462. The van der Waals surface area contributed by atoms with Gasteiger partial charge in [-0.3, -0.25) is 9.59 Å². The van der Waals surface area contributed by atoms with Crippen LogP contribution in [0.1, 0.15) is 61.3 Å². The Balaban J connectivity index is 1.69. The van der Waals surface area contributed by atoms with Crippen molar-refractivity contribution in [3.8, 4) is 11.5 Å². The van der Waals surface area contributed by atoms with Gasteiger partial charge in [0.2, 0.25) is 11.8 Å². The van der Waals surface area contributed by atoms with Crippen LogP contribution in [0, 0.1) is 13.8 Å². The van der Waals surface area contributed by atoms with Crippen LogP contribution in [-0.4, -0.2) is 36.5 Å². The molecule has 0 radical (unpaired) electrons. The number of nitrogens with one attached hydrogen (secondary N) is 1. The highest BCUT2D eigenvalue weighted by Crippen LogP contribution is 2.48. The first-order chi connectivity index (χ1) is 15.4. The second kappa shape index (κ2) is 8.85. The molecule has 2 amide bonds. The molecule has 170 valence electrons. The summed E-state index contributed by atoms with van der Waals surface area (Å²) in [6.45, 7) is 3.99. The zero-order valence-electron chi connectivity index (χ0n) is 19.4. The summed E-state index contributed by atoms with van der Waals surface area (Å²) in [5.41, 5.74) is 3.02. The molecule has 1 N–H and O–H groups in total. The number of carbonyl (C=O) groups excluding carboxylic acids is 2. The highest BCUT2D eigenvalue weighted by molar-refractivity contribution is 6.03. The van der Waals surface area contributed by atoms with Gasteiger partial charge in [-0.25, -0.2) is 0 Å². The van der Waals surface area contributed by atoms with Gasteiger partial charge < -0.3 is 19.7 Å². The minimum absolute atomic E-state index is 0.0309. The highest BCUT2D eigenvalue weighted by atomic mass is 16.5. The summed E-state index contributed by atoms with van der Waals surface area (Å²) in [4.78, 5) is 28.6. The number of rotatable bonds is 6. The van der Waals surface area contributed by atoms with E-state index in [2.05, 4.69) is 5.32 Å². The van der Waals surface area contributed by atoms with Crippen molar-refractivity contribution in [1.29, 1.82) is 0 Å². The lowest BCUT2D eigenvalue weighted by molar-refractivity contribution is -0.166. The number of benzene rings is 2. The summed E-state index contributed by atoms with van der Waals surface area (Å²) in [5, 5.41) is 3.19. The monoisotopic (exact) mass is 436 g/mol. The van der Waals surface area contributed by atoms with Crippen LogP contribution in [-0.2, 0) is 9.59 Å². The van der Waals surface area contributed by atoms with Crippen LogP contribution in [0.4, 0.5) is 5.69 Å². The average molecular weight is 437 g/mol. The van der Waals surface area contributed by atoms with E-state index in [1.54, 1.807) is 14.2 Å². The van der Waals surface area contributed by atoms with Crippen molar-refractivity contribution in [2.45, 2.75) is 64.0 Å². The van der Waals surface area contributed by atoms with Crippen LogP contribution < -0.4 is 14.8 Å². The minimum atomic E-state index is -0.833. The van der Waals surface area contributed by atoms with Gasteiger partial charge in [0, 0.05) is 5.69 Å². The lowest BCUT2D eigenvalue weighted by Gasteiger charge is -2.54. The predicted molar refractivity (Wildman–Crippen MR) is 124 cm³/mol. The van der Waals surface area contributed by atoms with Gasteiger partial charge >= 0.3 is 0 Å². The van der Waals surface area contributed by atoms with Gasteiger partial charge in [-0.1, -0.05) is 43.5 Å². The zero-order chi connectivity index (χ0) is 22.9. The molecule has 1 saturated heterocycles. The van der Waals surface area contributed by atoms with Crippen LogP contribution in [0.25, 0.3) is 0 Å². The summed E-state index contributed by atoms with van der Waals surface area (Å²) in [7, 11) is 3.21. The van der Waals surface area contributed by atoms with E-state index in [9.17, 15) is 9.59 Å². The molecule has 4 rings (SSSR count). The molecule has 6 heteroatoms. The Labute approximate surface area is 189 Å². The number of β-lactam (4-membered cyclic amide) rings is 1. The predicted octanol–water partition coefficient (Wildman–Crippen LogP) is 4.94. The average Bonchev–Trinajstić information content (AvgIpc) is 2.79. The van der Waals surface area contributed by atoms with Gasteiger partial charge in [0.15, 0.2) is 11.5 Å². The molecule has 32 heavy (non-hydrogen) atoms. The van der Waals surface area contributed by atoms with E-state index < -0.39 is 5.54 Å². The molecule has 1 atom stereocenters. The summed E-state index contributed by atoms with van der Waals surface area (Å²) >= 11 is 0. The smallest absolute Gasteiger partial charge is 0.250 e. The van der Waals surface area contributed by atoms with E-state index in [0.717, 1.165) is 41.6 Å². The zero-order valence-corrected chi connectivity index (χ0v) is 19.4. The number of likely N-dealkylation sites (tertiary alicyclic amines) is 1. The number of anilines is 1. The van der Waals surface area contributed by atoms with E-state index in [0.29, 0.717) is 30.8 Å². The number of carbonyl (C=O) groups is 2. The van der Waals surface area contributed by atoms with Crippen molar-refractivity contribution in [2.75, 3.05) is 19.5 Å². The molecule has 2 aromatic rings. The molecular formula is C26H32N2O4. The summed E-state index contributed by atoms with van der Waals surface area (Å²) in [5.74, 6) is 1.23.